The first kappa shape index (κ1) is 13.9. The summed E-state index contributed by atoms with van der Waals surface area (Å²) in [4.78, 5) is 14.7. The number of carbonyl (C=O) groups excluding carboxylic acids is 1. The first-order valence-electron chi connectivity index (χ1n) is 7.47. The molecule has 0 aromatic heterocycles. The Labute approximate surface area is 133 Å². The van der Waals surface area contributed by atoms with Crippen LogP contribution in [0.5, 0.6) is 5.75 Å². The van der Waals surface area contributed by atoms with Crippen LogP contribution < -0.4 is 4.74 Å². The quantitative estimate of drug-likeness (QED) is 0.926. The molecule has 6 heteroatoms. The van der Waals surface area contributed by atoms with E-state index in [1.54, 1.807) is 23.8 Å². The summed E-state index contributed by atoms with van der Waals surface area (Å²) in [7, 11) is 1.63. The molecule has 0 radical (unpaired) electrons. The maximum atomic E-state index is 13.1. The second kappa shape index (κ2) is 4.91. The van der Waals surface area contributed by atoms with Crippen LogP contribution in [0, 0.1) is 5.41 Å². The molecule has 116 valence electrons. The minimum Gasteiger partial charge on any atom is -0.497 e. The lowest BCUT2D eigenvalue weighted by Gasteiger charge is -2.25. The van der Waals surface area contributed by atoms with Crippen molar-refractivity contribution in [1.82, 2.24) is 4.90 Å². The van der Waals surface area contributed by atoms with Gasteiger partial charge in [-0.05, 0) is 30.5 Å². The van der Waals surface area contributed by atoms with E-state index in [2.05, 4.69) is 0 Å². The van der Waals surface area contributed by atoms with E-state index in [1.165, 1.54) is 0 Å². The Morgan fingerprint density at radius 3 is 2.73 bits per heavy atom. The van der Waals surface area contributed by atoms with Crippen molar-refractivity contribution in [3.8, 4) is 5.75 Å². The van der Waals surface area contributed by atoms with Crippen molar-refractivity contribution in [1.29, 1.82) is 5.41 Å². The van der Waals surface area contributed by atoms with E-state index < -0.39 is 5.41 Å². The molecule has 5 nitrogen and oxygen atoms in total. The van der Waals surface area contributed by atoms with Gasteiger partial charge in [0.2, 0.25) is 5.91 Å². The maximum Gasteiger partial charge on any atom is 0.292 e. The van der Waals surface area contributed by atoms with Gasteiger partial charge in [-0.1, -0.05) is 12.1 Å². The number of hydrogen-bond donors (Lipinski definition) is 1. The molecule has 1 aliphatic carbocycles. The zero-order valence-corrected chi connectivity index (χ0v) is 13.2. The molecule has 4 rings (SSSR count). The summed E-state index contributed by atoms with van der Waals surface area (Å²) < 4.78 is 10.7. The molecule has 0 spiro atoms. The molecule has 1 amide bonds. The predicted molar refractivity (Wildman–Crippen MR) is 84.5 cm³/mol. The second-order valence-electron chi connectivity index (χ2n) is 6.05. The summed E-state index contributed by atoms with van der Waals surface area (Å²) in [6, 6.07) is 7.77. The average molecular weight is 318 g/mol. The zero-order chi connectivity index (χ0) is 15.3. The molecule has 1 aromatic rings. The highest BCUT2D eigenvalue weighted by Gasteiger charge is 2.58. The number of nitrogens with one attached hydrogen (secondary N) is 1. The van der Waals surface area contributed by atoms with E-state index in [4.69, 9.17) is 14.9 Å². The van der Waals surface area contributed by atoms with Gasteiger partial charge < -0.3 is 9.47 Å². The molecule has 22 heavy (non-hydrogen) atoms. The number of hydrogen-bond acceptors (Lipinski definition) is 5. The van der Waals surface area contributed by atoms with E-state index in [9.17, 15) is 4.79 Å². The monoisotopic (exact) mass is 318 g/mol. The van der Waals surface area contributed by atoms with Crippen LogP contribution in [-0.2, 0) is 14.9 Å². The van der Waals surface area contributed by atoms with Crippen molar-refractivity contribution < 1.29 is 14.3 Å². The van der Waals surface area contributed by atoms with Gasteiger partial charge in [0.1, 0.15) is 11.9 Å². The van der Waals surface area contributed by atoms with Crippen LogP contribution in [0.4, 0.5) is 0 Å². The molecule has 0 bridgehead atoms. The number of nitrogens with zero attached hydrogens (tertiary/aromatic N) is 1. The van der Waals surface area contributed by atoms with Crippen molar-refractivity contribution in [3.05, 3.63) is 29.8 Å². The fourth-order valence-corrected chi connectivity index (χ4v) is 4.63. The fraction of sp³-hybridized carbons (Fsp3) is 0.500. The third kappa shape index (κ3) is 1.93. The van der Waals surface area contributed by atoms with E-state index in [0.29, 0.717) is 0 Å². The smallest absolute Gasteiger partial charge is 0.292 e. The van der Waals surface area contributed by atoms with Crippen LogP contribution in [-0.4, -0.2) is 47.6 Å². The molecule has 3 fully saturated rings. The van der Waals surface area contributed by atoms with Crippen LogP contribution in [0.25, 0.3) is 0 Å². The SMILES string of the molecule is COc1ccc(C2(C(=O)N3C(=N)O[C@@H]4CSC[C@H]43)CC2)cc1. The Kier molecular flexibility index (Phi) is 3.11. The molecule has 1 saturated carbocycles. The van der Waals surface area contributed by atoms with Crippen molar-refractivity contribution in [2.45, 2.75) is 30.4 Å². The molecule has 1 N–H and O–H groups in total. The highest BCUT2D eigenvalue weighted by molar-refractivity contribution is 7.99. The highest BCUT2D eigenvalue weighted by atomic mass is 32.2. The Morgan fingerprint density at radius 1 is 1.36 bits per heavy atom. The van der Waals surface area contributed by atoms with E-state index in [-0.39, 0.29) is 24.1 Å². The third-order valence-electron chi connectivity index (χ3n) is 4.83. The minimum atomic E-state index is -0.468. The normalized spacial score (nSPS) is 28.2. The van der Waals surface area contributed by atoms with Gasteiger partial charge in [-0.3, -0.25) is 15.1 Å². The molecule has 2 aliphatic heterocycles. The lowest BCUT2D eigenvalue weighted by Crippen LogP contribution is -2.46. The summed E-state index contributed by atoms with van der Waals surface area (Å²) in [6.45, 7) is 0. The summed E-state index contributed by atoms with van der Waals surface area (Å²) in [6.07, 6.45) is 1.67. The summed E-state index contributed by atoms with van der Waals surface area (Å²) in [5, 5.41) is 8.02. The number of thioether (sulfide) groups is 1. The van der Waals surface area contributed by atoms with Crippen LogP contribution in [0.3, 0.4) is 0 Å². The largest absolute Gasteiger partial charge is 0.497 e. The highest BCUT2D eigenvalue weighted by Crippen LogP contribution is 2.51. The zero-order valence-electron chi connectivity index (χ0n) is 12.4. The number of ether oxygens (including phenoxy) is 2. The molecule has 1 aromatic carbocycles. The summed E-state index contributed by atoms with van der Waals surface area (Å²) in [5.41, 5.74) is 0.546. The average Bonchev–Trinajstić information content (AvgIpc) is 3.13. The van der Waals surface area contributed by atoms with Crippen LogP contribution in [0.1, 0.15) is 18.4 Å². The Hall–Kier alpha value is -1.69. The molecular weight excluding hydrogens is 300 g/mol. The number of benzene rings is 1. The maximum absolute atomic E-state index is 13.1. The number of rotatable bonds is 3. The summed E-state index contributed by atoms with van der Waals surface area (Å²) >= 11 is 1.79. The Balaban J connectivity index is 1.62. The van der Waals surface area contributed by atoms with Crippen LogP contribution in [0.15, 0.2) is 24.3 Å². The number of amidine groups is 1. The Bertz CT molecular complexity index is 627. The van der Waals surface area contributed by atoms with Crippen LogP contribution >= 0.6 is 11.8 Å². The van der Waals surface area contributed by atoms with Gasteiger partial charge in [0.05, 0.1) is 18.6 Å². The standard InChI is InChI=1S/C16H18N2O3S/c1-20-11-4-2-10(3-5-11)16(6-7-16)14(19)18-12-8-22-9-13(12)21-15(18)17/h2-5,12-13,17H,6-9H2,1H3/t12-,13-/m1/s1. The second-order valence-corrected chi connectivity index (χ2v) is 7.13. The molecule has 3 aliphatic rings. The van der Waals surface area contributed by atoms with E-state index in [1.807, 2.05) is 24.3 Å². The van der Waals surface area contributed by atoms with Gasteiger partial charge in [0.15, 0.2) is 0 Å². The van der Waals surface area contributed by atoms with Gasteiger partial charge in [0, 0.05) is 11.5 Å². The predicted octanol–water partition coefficient (Wildman–Crippen LogP) is 2.00. The van der Waals surface area contributed by atoms with Gasteiger partial charge >= 0.3 is 0 Å². The van der Waals surface area contributed by atoms with Gasteiger partial charge in [-0.15, -0.1) is 0 Å². The van der Waals surface area contributed by atoms with E-state index in [0.717, 1.165) is 35.7 Å². The van der Waals surface area contributed by atoms with E-state index >= 15 is 0 Å². The Morgan fingerprint density at radius 2 is 2.09 bits per heavy atom. The number of carbonyl (C=O) groups is 1. The van der Waals surface area contributed by atoms with Gasteiger partial charge in [-0.25, -0.2) is 0 Å². The molecule has 2 saturated heterocycles. The van der Waals surface area contributed by atoms with Crippen molar-refractivity contribution in [2.75, 3.05) is 18.6 Å². The van der Waals surface area contributed by atoms with Crippen molar-refractivity contribution in [2.24, 2.45) is 0 Å². The van der Waals surface area contributed by atoms with Gasteiger partial charge in [-0.2, -0.15) is 11.8 Å². The molecule has 2 heterocycles. The van der Waals surface area contributed by atoms with Crippen molar-refractivity contribution in [3.63, 3.8) is 0 Å². The lowest BCUT2D eigenvalue weighted by atomic mass is 9.93. The number of amides is 1. The topological polar surface area (TPSA) is 62.6 Å². The number of fused-ring (bicyclic) bond motifs is 1. The van der Waals surface area contributed by atoms with Crippen molar-refractivity contribution >= 4 is 23.7 Å². The van der Waals surface area contributed by atoms with Crippen LogP contribution in [0.2, 0.25) is 0 Å². The minimum absolute atomic E-state index is 0.00637. The first-order chi connectivity index (χ1) is 10.7. The number of methoxy groups -OCH3 is 1. The molecule has 2 atom stereocenters. The summed E-state index contributed by atoms with van der Waals surface area (Å²) in [5.74, 6) is 2.54. The third-order valence-corrected chi connectivity index (χ3v) is 5.98. The molecular formula is C16H18N2O3S. The lowest BCUT2D eigenvalue weighted by molar-refractivity contribution is -0.131. The molecule has 0 unspecified atom stereocenters. The first-order valence-corrected chi connectivity index (χ1v) is 8.62. The fourth-order valence-electron chi connectivity index (χ4n) is 3.36. The van der Waals surface area contributed by atoms with Gasteiger partial charge in [0.25, 0.3) is 6.02 Å².